The fourth-order valence-electron chi connectivity index (χ4n) is 2.21. The van der Waals surface area contributed by atoms with Gasteiger partial charge in [0, 0.05) is 25.7 Å². The summed E-state index contributed by atoms with van der Waals surface area (Å²) in [5, 5.41) is 0. The summed E-state index contributed by atoms with van der Waals surface area (Å²) in [5.74, 6) is 0.449. The minimum Gasteiger partial charge on any atom is -0.459 e. The average molecular weight is 222 g/mol. The normalized spacial score (nSPS) is 22.4. The van der Waals surface area contributed by atoms with Gasteiger partial charge in [-0.1, -0.05) is 6.92 Å². The molecule has 0 aromatic carbocycles. The van der Waals surface area contributed by atoms with Crippen LogP contribution in [0.25, 0.3) is 0 Å². The molecular formula is C12H18N2O2. The fraction of sp³-hybridized carbons (Fsp3) is 0.583. The van der Waals surface area contributed by atoms with Crippen molar-refractivity contribution in [3.8, 4) is 0 Å². The molecule has 4 heteroatoms. The summed E-state index contributed by atoms with van der Waals surface area (Å²) in [6, 6.07) is 3.90. The minimum absolute atomic E-state index is 0.00704. The summed E-state index contributed by atoms with van der Waals surface area (Å²) in [5.41, 5.74) is 0. The molecule has 0 saturated carbocycles. The third-order valence-corrected chi connectivity index (χ3v) is 3.19. The maximum absolute atomic E-state index is 12.0. The highest BCUT2D eigenvalue weighted by Crippen LogP contribution is 2.13. The van der Waals surface area contributed by atoms with Gasteiger partial charge in [-0.3, -0.25) is 9.69 Å². The number of nitrogens with zero attached hydrogens (tertiary/aromatic N) is 2. The van der Waals surface area contributed by atoms with Crippen LogP contribution in [0, 0.1) is 0 Å². The Morgan fingerprint density at radius 3 is 2.94 bits per heavy atom. The maximum atomic E-state index is 12.0. The molecule has 88 valence electrons. The Kier molecular flexibility index (Phi) is 3.29. The van der Waals surface area contributed by atoms with E-state index >= 15 is 0 Å². The first-order valence-corrected chi connectivity index (χ1v) is 5.79. The van der Waals surface area contributed by atoms with Crippen LogP contribution in [-0.4, -0.2) is 47.9 Å². The lowest BCUT2D eigenvalue weighted by molar-refractivity contribution is 0.0500. The van der Waals surface area contributed by atoms with Crippen molar-refractivity contribution in [2.75, 3.05) is 26.2 Å². The van der Waals surface area contributed by atoms with Crippen molar-refractivity contribution >= 4 is 5.91 Å². The molecular weight excluding hydrogens is 204 g/mol. The third-order valence-electron chi connectivity index (χ3n) is 3.19. The number of carbonyl (C=O) groups is 1. The molecule has 1 fully saturated rings. The van der Waals surface area contributed by atoms with E-state index in [2.05, 4.69) is 18.7 Å². The zero-order chi connectivity index (χ0) is 11.5. The first kappa shape index (κ1) is 11.2. The van der Waals surface area contributed by atoms with Crippen LogP contribution in [0.15, 0.2) is 22.8 Å². The van der Waals surface area contributed by atoms with Crippen molar-refractivity contribution in [1.82, 2.24) is 9.80 Å². The standard InChI is InChI=1S/C12H18N2O2/c1-3-13-6-7-14(9-10(13)2)12(15)11-5-4-8-16-11/h4-5,8,10H,3,6-7,9H2,1-2H3. The highest BCUT2D eigenvalue weighted by atomic mass is 16.3. The molecule has 1 amide bonds. The molecule has 0 bridgehead atoms. The Morgan fingerprint density at radius 2 is 2.38 bits per heavy atom. The van der Waals surface area contributed by atoms with E-state index in [1.807, 2.05) is 4.90 Å². The molecule has 1 aliphatic rings. The third kappa shape index (κ3) is 2.11. The summed E-state index contributed by atoms with van der Waals surface area (Å²) in [6.45, 7) is 7.88. The number of amides is 1. The summed E-state index contributed by atoms with van der Waals surface area (Å²) in [6.07, 6.45) is 1.54. The molecule has 4 nitrogen and oxygen atoms in total. The van der Waals surface area contributed by atoms with Crippen LogP contribution < -0.4 is 0 Å². The van der Waals surface area contributed by atoms with Gasteiger partial charge >= 0.3 is 0 Å². The number of furan rings is 1. The lowest BCUT2D eigenvalue weighted by atomic mass is 10.2. The summed E-state index contributed by atoms with van der Waals surface area (Å²) in [4.78, 5) is 16.3. The highest BCUT2D eigenvalue weighted by Gasteiger charge is 2.27. The Morgan fingerprint density at radius 1 is 1.56 bits per heavy atom. The van der Waals surface area contributed by atoms with Crippen LogP contribution in [0.5, 0.6) is 0 Å². The van der Waals surface area contributed by atoms with E-state index in [9.17, 15) is 4.79 Å². The second-order valence-corrected chi connectivity index (χ2v) is 4.21. The molecule has 2 rings (SSSR count). The van der Waals surface area contributed by atoms with Gasteiger partial charge in [0.1, 0.15) is 0 Å². The van der Waals surface area contributed by atoms with E-state index in [1.165, 1.54) is 0 Å². The van der Waals surface area contributed by atoms with Crippen LogP contribution in [0.2, 0.25) is 0 Å². The average Bonchev–Trinajstić information content (AvgIpc) is 2.81. The van der Waals surface area contributed by atoms with E-state index < -0.39 is 0 Å². The number of piperazine rings is 1. The minimum atomic E-state index is 0.00704. The molecule has 1 aliphatic heterocycles. The number of hydrogen-bond acceptors (Lipinski definition) is 3. The van der Waals surface area contributed by atoms with Gasteiger partial charge in [0.2, 0.25) is 0 Å². The van der Waals surface area contributed by atoms with Crippen molar-refractivity contribution in [2.45, 2.75) is 19.9 Å². The maximum Gasteiger partial charge on any atom is 0.289 e. The Labute approximate surface area is 95.8 Å². The molecule has 0 radical (unpaired) electrons. The van der Waals surface area contributed by atoms with Gasteiger partial charge in [0.05, 0.1) is 6.26 Å². The van der Waals surface area contributed by atoms with Gasteiger partial charge < -0.3 is 9.32 Å². The molecule has 0 N–H and O–H groups in total. The van der Waals surface area contributed by atoms with Gasteiger partial charge in [-0.15, -0.1) is 0 Å². The van der Waals surface area contributed by atoms with E-state index in [0.29, 0.717) is 11.8 Å². The largest absolute Gasteiger partial charge is 0.459 e. The van der Waals surface area contributed by atoms with Gasteiger partial charge in [-0.25, -0.2) is 0 Å². The number of rotatable bonds is 2. The van der Waals surface area contributed by atoms with E-state index in [0.717, 1.165) is 26.2 Å². The molecule has 1 aromatic rings. The fourth-order valence-corrected chi connectivity index (χ4v) is 2.21. The number of likely N-dealkylation sites (N-methyl/N-ethyl adjacent to an activating group) is 1. The van der Waals surface area contributed by atoms with Crippen molar-refractivity contribution in [1.29, 1.82) is 0 Å². The highest BCUT2D eigenvalue weighted by molar-refractivity contribution is 5.91. The summed E-state index contributed by atoms with van der Waals surface area (Å²) >= 11 is 0. The quantitative estimate of drug-likeness (QED) is 0.760. The van der Waals surface area contributed by atoms with Crippen molar-refractivity contribution in [2.24, 2.45) is 0 Å². The monoisotopic (exact) mass is 222 g/mol. The molecule has 16 heavy (non-hydrogen) atoms. The molecule has 2 heterocycles. The van der Waals surface area contributed by atoms with Gasteiger partial charge in [-0.05, 0) is 25.6 Å². The molecule has 0 aliphatic carbocycles. The SMILES string of the molecule is CCN1CCN(C(=O)c2ccco2)CC1C. The first-order valence-electron chi connectivity index (χ1n) is 5.79. The predicted octanol–water partition coefficient (Wildman–Crippen LogP) is 1.45. The van der Waals surface area contributed by atoms with Crippen molar-refractivity contribution < 1.29 is 9.21 Å². The summed E-state index contributed by atoms with van der Waals surface area (Å²) < 4.78 is 5.13. The Bertz CT molecular complexity index is 348. The van der Waals surface area contributed by atoms with Crippen LogP contribution in [-0.2, 0) is 0 Å². The zero-order valence-electron chi connectivity index (χ0n) is 9.85. The molecule has 0 spiro atoms. The van der Waals surface area contributed by atoms with Gasteiger partial charge in [-0.2, -0.15) is 0 Å². The lowest BCUT2D eigenvalue weighted by Gasteiger charge is -2.38. The number of carbonyl (C=O) groups excluding carboxylic acids is 1. The number of hydrogen-bond donors (Lipinski definition) is 0. The lowest BCUT2D eigenvalue weighted by Crippen LogP contribution is -2.53. The van der Waals surface area contributed by atoms with E-state index in [4.69, 9.17) is 4.42 Å². The predicted molar refractivity (Wildman–Crippen MR) is 61.3 cm³/mol. The molecule has 1 aromatic heterocycles. The van der Waals surface area contributed by atoms with Crippen molar-refractivity contribution in [3.05, 3.63) is 24.2 Å². The molecule has 1 atom stereocenters. The molecule has 1 saturated heterocycles. The zero-order valence-corrected chi connectivity index (χ0v) is 9.85. The second-order valence-electron chi connectivity index (χ2n) is 4.21. The van der Waals surface area contributed by atoms with E-state index in [-0.39, 0.29) is 5.91 Å². The van der Waals surface area contributed by atoms with Crippen LogP contribution in [0.4, 0.5) is 0 Å². The summed E-state index contributed by atoms with van der Waals surface area (Å²) in [7, 11) is 0. The Balaban J connectivity index is 2.00. The Hall–Kier alpha value is -1.29. The van der Waals surface area contributed by atoms with Crippen LogP contribution >= 0.6 is 0 Å². The van der Waals surface area contributed by atoms with Gasteiger partial charge in [0.25, 0.3) is 5.91 Å². The van der Waals surface area contributed by atoms with Crippen molar-refractivity contribution in [3.63, 3.8) is 0 Å². The second kappa shape index (κ2) is 4.70. The smallest absolute Gasteiger partial charge is 0.289 e. The van der Waals surface area contributed by atoms with Gasteiger partial charge in [0.15, 0.2) is 5.76 Å². The van der Waals surface area contributed by atoms with E-state index in [1.54, 1.807) is 18.4 Å². The first-order chi connectivity index (χ1) is 7.72. The van der Waals surface area contributed by atoms with Crippen LogP contribution in [0.1, 0.15) is 24.4 Å². The topological polar surface area (TPSA) is 36.7 Å². The molecule has 1 unspecified atom stereocenters. The van der Waals surface area contributed by atoms with Crippen LogP contribution in [0.3, 0.4) is 0 Å².